The van der Waals surface area contributed by atoms with Crippen LogP contribution in [0.1, 0.15) is 6.42 Å². The Bertz CT molecular complexity index is 607. The Kier molecular flexibility index (Phi) is 2.95. The second kappa shape index (κ2) is 4.76. The van der Waals surface area contributed by atoms with E-state index < -0.39 is 0 Å². The molecule has 2 aromatic carbocycles. The lowest BCUT2D eigenvalue weighted by molar-refractivity contribution is -0.118. The van der Waals surface area contributed by atoms with Crippen LogP contribution in [0.4, 0.5) is 5.69 Å². The van der Waals surface area contributed by atoms with Gasteiger partial charge in [0.15, 0.2) is 0 Å². The van der Waals surface area contributed by atoms with Crippen molar-refractivity contribution in [3.05, 3.63) is 48.5 Å². The summed E-state index contributed by atoms with van der Waals surface area (Å²) < 4.78 is 5.62. The van der Waals surface area contributed by atoms with Crippen LogP contribution in [0.15, 0.2) is 48.5 Å². The first kappa shape index (κ1) is 11.8. The summed E-state index contributed by atoms with van der Waals surface area (Å²) in [5.41, 5.74) is 3.06. The minimum Gasteiger partial charge on any atom is -0.491 e. The Morgan fingerprint density at radius 2 is 1.84 bits per heavy atom. The molecule has 1 aliphatic heterocycles. The summed E-state index contributed by atoms with van der Waals surface area (Å²) in [5, 5.41) is 0. The van der Waals surface area contributed by atoms with Crippen LogP contribution in [0.5, 0.6) is 5.75 Å². The van der Waals surface area contributed by atoms with Gasteiger partial charge in [0, 0.05) is 7.05 Å². The van der Waals surface area contributed by atoms with Crippen LogP contribution in [0.3, 0.4) is 0 Å². The molecule has 3 heteroatoms. The van der Waals surface area contributed by atoms with Gasteiger partial charge in [-0.05, 0) is 23.3 Å². The Hall–Kier alpha value is -2.29. The van der Waals surface area contributed by atoms with E-state index >= 15 is 0 Å². The molecule has 3 rings (SSSR count). The molecule has 1 aliphatic rings. The molecule has 0 aliphatic carbocycles. The molecule has 19 heavy (non-hydrogen) atoms. The van der Waals surface area contributed by atoms with Crippen LogP contribution < -0.4 is 9.64 Å². The maximum atomic E-state index is 11.9. The first-order chi connectivity index (χ1) is 9.25. The maximum Gasteiger partial charge on any atom is 0.230 e. The molecule has 0 saturated heterocycles. The van der Waals surface area contributed by atoms with Gasteiger partial charge in [0.05, 0.1) is 18.7 Å². The Morgan fingerprint density at radius 3 is 2.63 bits per heavy atom. The van der Waals surface area contributed by atoms with Crippen molar-refractivity contribution in [1.29, 1.82) is 0 Å². The van der Waals surface area contributed by atoms with Gasteiger partial charge in [-0.3, -0.25) is 4.79 Å². The molecule has 0 atom stereocenters. The SMILES string of the molecule is CN1C(=O)CCOc2ccc(-c3ccccc3)cc21. The Morgan fingerprint density at radius 1 is 1.05 bits per heavy atom. The largest absolute Gasteiger partial charge is 0.491 e. The van der Waals surface area contributed by atoms with Crippen LogP contribution >= 0.6 is 0 Å². The number of hydrogen-bond acceptors (Lipinski definition) is 2. The third-order valence-electron chi connectivity index (χ3n) is 3.38. The molecule has 2 aromatic rings. The van der Waals surface area contributed by atoms with Crippen LogP contribution in [-0.2, 0) is 4.79 Å². The molecule has 0 N–H and O–H groups in total. The van der Waals surface area contributed by atoms with Crippen LogP contribution in [0, 0.1) is 0 Å². The van der Waals surface area contributed by atoms with Crippen molar-refractivity contribution in [2.24, 2.45) is 0 Å². The second-order valence-corrected chi connectivity index (χ2v) is 4.60. The van der Waals surface area contributed by atoms with Crippen LogP contribution in [0.2, 0.25) is 0 Å². The van der Waals surface area contributed by atoms with Crippen molar-refractivity contribution in [3.63, 3.8) is 0 Å². The normalized spacial score (nSPS) is 14.6. The predicted molar refractivity (Wildman–Crippen MR) is 75.4 cm³/mol. The standard InChI is InChI=1S/C16H15NO2/c1-17-14-11-13(12-5-3-2-4-6-12)7-8-15(14)19-10-9-16(17)18/h2-8,11H,9-10H2,1H3. The highest BCUT2D eigenvalue weighted by Gasteiger charge is 2.20. The highest BCUT2D eigenvalue weighted by atomic mass is 16.5. The van der Waals surface area contributed by atoms with E-state index in [0.29, 0.717) is 13.0 Å². The molecule has 0 fully saturated rings. The first-order valence-electron chi connectivity index (χ1n) is 6.34. The fraction of sp³-hybridized carbons (Fsp3) is 0.188. The molecule has 1 heterocycles. The van der Waals surface area contributed by atoms with Gasteiger partial charge in [-0.1, -0.05) is 36.4 Å². The summed E-state index contributed by atoms with van der Waals surface area (Å²) in [4.78, 5) is 13.5. The zero-order chi connectivity index (χ0) is 13.2. The average molecular weight is 253 g/mol. The molecule has 0 bridgehead atoms. The highest BCUT2D eigenvalue weighted by molar-refractivity contribution is 5.96. The van der Waals surface area contributed by atoms with Gasteiger partial charge >= 0.3 is 0 Å². The molecule has 0 unspecified atom stereocenters. The van der Waals surface area contributed by atoms with Gasteiger partial charge in [-0.2, -0.15) is 0 Å². The number of anilines is 1. The van der Waals surface area contributed by atoms with Crippen molar-refractivity contribution in [2.75, 3.05) is 18.6 Å². The summed E-state index contributed by atoms with van der Waals surface area (Å²) in [6.07, 6.45) is 0.422. The predicted octanol–water partition coefficient (Wildman–Crippen LogP) is 3.10. The summed E-state index contributed by atoms with van der Waals surface area (Å²) in [6.45, 7) is 0.445. The quantitative estimate of drug-likeness (QED) is 0.781. The van der Waals surface area contributed by atoms with Crippen molar-refractivity contribution in [3.8, 4) is 16.9 Å². The lowest BCUT2D eigenvalue weighted by Gasteiger charge is -2.17. The van der Waals surface area contributed by atoms with Crippen LogP contribution in [0.25, 0.3) is 11.1 Å². The van der Waals surface area contributed by atoms with E-state index in [0.717, 1.165) is 22.6 Å². The number of rotatable bonds is 1. The number of benzene rings is 2. The maximum absolute atomic E-state index is 11.9. The fourth-order valence-corrected chi connectivity index (χ4v) is 2.26. The van der Waals surface area contributed by atoms with Crippen LogP contribution in [-0.4, -0.2) is 19.6 Å². The van der Waals surface area contributed by atoms with Gasteiger partial charge in [0.25, 0.3) is 0 Å². The van der Waals surface area contributed by atoms with E-state index in [4.69, 9.17) is 4.74 Å². The summed E-state index contributed by atoms with van der Waals surface area (Å²) in [7, 11) is 1.80. The lowest BCUT2D eigenvalue weighted by Crippen LogP contribution is -2.25. The second-order valence-electron chi connectivity index (χ2n) is 4.60. The number of ether oxygens (including phenoxy) is 1. The number of amides is 1. The van der Waals surface area contributed by atoms with E-state index in [1.54, 1.807) is 11.9 Å². The number of carbonyl (C=O) groups excluding carboxylic acids is 1. The summed E-state index contributed by atoms with van der Waals surface area (Å²) in [5.74, 6) is 0.858. The fourth-order valence-electron chi connectivity index (χ4n) is 2.26. The van der Waals surface area contributed by atoms with Gasteiger partial charge in [0.1, 0.15) is 5.75 Å². The molecule has 96 valence electrons. The Labute approximate surface area is 112 Å². The van der Waals surface area contributed by atoms with Crippen molar-refractivity contribution in [1.82, 2.24) is 0 Å². The van der Waals surface area contributed by atoms with Gasteiger partial charge in [0.2, 0.25) is 5.91 Å². The third kappa shape index (κ3) is 2.19. The number of hydrogen-bond donors (Lipinski definition) is 0. The lowest BCUT2D eigenvalue weighted by atomic mass is 10.0. The molecule has 0 spiro atoms. The molecule has 0 radical (unpaired) electrons. The van der Waals surface area contributed by atoms with Crippen molar-refractivity contribution in [2.45, 2.75) is 6.42 Å². The zero-order valence-electron chi connectivity index (χ0n) is 10.8. The zero-order valence-corrected chi connectivity index (χ0v) is 10.8. The summed E-state index contributed by atoms with van der Waals surface area (Å²) in [6, 6.07) is 16.1. The minimum atomic E-state index is 0.0870. The monoisotopic (exact) mass is 253 g/mol. The number of carbonyl (C=O) groups is 1. The van der Waals surface area contributed by atoms with E-state index in [2.05, 4.69) is 12.1 Å². The smallest absolute Gasteiger partial charge is 0.230 e. The topological polar surface area (TPSA) is 29.5 Å². The number of nitrogens with zero attached hydrogens (tertiary/aromatic N) is 1. The Balaban J connectivity index is 2.08. The van der Waals surface area contributed by atoms with E-state index in [1.807, 2.05) is 36.4 Å². The summed E-state index contributed by atoms with van der Waals surface area (Å²) >= 11 is 0. The minimum absolute atomic E-state index is 0.0870. The molecule has 0 saturated carbocycles. The van der Waals surface area contributed by atoms with Crippen molar-refractivity contribution < 1.29 is 9.53 Å². The van der Waals surface area contributed by atoms with E-state index in [1.165, 1.54) is 0 Å². The highest BCUT2D eigenvalue weighted by Crippen LogP contribution is 2.34. The van der Waals surface area contributed by atoms with Gasteiger partial charge in [-0.15, -0.1) is 0 Å². The van der Waals surface area contributed by atoms with E-state index in [-0.39, 0.29) is 5.91 Å². The molecule has 1 amide bonds. The average Bonchev–Trinajstić information content (AvgIpc) is 2.60. The molecule has 0 aromatic heterocycles. The third-order valence-corrected chi connectivity index (χ3v) is 3.38. The number of fused-ring (bicyclic) bond motifs is 1. The van der Waals surface area contributed by atoms with Gasteiger partial charge < -0.3 is 9.64 Å². The first-order valence-corrected chi connectivity index (χ1v) is 6.34. The van der Waals surface area contributed by atoms with E-state index in [9.17, 15) is 4.79 Å². The van der Waals surface area contributed by atoms with Gasteiger partial charge in [-0.25, -0.2) is 0 Å². The molecular weight excluding hydrogens is 238 g/mol. The van der Waals surface area contributed by atoms with Crippen molar-refractivity contribution >= 4 is 11.6 Å². The molecular formula is C16H15NO2. The molecule has 3 nitrogen and oxygen atoms in total.